The van der Waals surface area contributed by atoms with Crippen LogP contribution in [0.2, 0.25) is 44.8 Å². The van der Waals surface area contributed by atoms with Gasteiger partial charge in [-0.3, -0.25) is 0 Å². The van der Waals surface area contributed by atoms with E-state index < -0.39 is 35.9 Å². The van der Waals surface area contributed by atoms with Gasteiger partial charge in [0.05, 0.1) is 0 Å². The monoisotopic (exact) mass is 296 g/mol. The highest BCUT2D eigenvalue weighted by Crippen LogP contribution is 2.18. The lowest BCUT2D eigenvalue weighted by Gasteiger charge is -2.32. The third-order valence-corrected chi connectivity index (χ3v) is 13.6. The molecule has 0 aromatic heterocycles. The molecule has 0 aliphatic rings. The molecule has 0 saturated heterocycles. The first-order chi connectivity index (χ1) is 7.14. The second-order valence-corrected chi connectivity index (χ2v) is 17.5. The van der Waals surface area contributed by atoms with Gasteiger partial charge in [-0.2, -0.15) is 0 Å². The van der Waals surface area contributed by atoms with E-state index >= 15 is 0 Å². The Balaban J connectivity index is 4.37. The van der Waals surface area contributed by atoms with Crippen molar-refractivity contribution in [2.24, 2.45) is 0 Å². The van der Waals surface area contributed by atoms with Crippen LogP contribution in [0.15, 0.2) is 0 Å². The minimum absolute atomic E-state index is 0.527. The van der Waals surface area contributed by atoms with Crippen LogP contribution in [0.4, 0.5) is 0 Å². The average molecular weight is 297 g/mol. The summed E-state index contributed by atoms with van der Waals surface area (Å²) in [5.74, 6) is 0. The molecule has 1 atom stereocenters. The van der Waals surface area contributed by atoms with Crippen molar-refractivity contribution in [1.82, 2.24) is 0 Å². The van der Waals surface area contributed by atoms with Crippen molar-refractivity contribution in [2.75, 3.05) is 0 Å². The maximum absolute atomic E-state index is 6.22. The lowest BCUT2D eigenvalue weighted by molar-refractivity contribution is 0.348. The molecule has 0 aliphatic carbocycles. The normalized spacial score (nSPS) is 15.2. The third-order valence-electron chi connectivity index (χ3n) is 1.87. The average Bonchev–Trinajstić information content (AvgIpc) is 1.98. The second-order valence-electron chi connectivity index (χ2n) is 5.48. The van der Waals surface area contributed by atoms with Crippen molar-refractivity contribution in [3.8, 4) is 0 Å². The maximum Gasteiger partial charge on any atom is 0.312 e. The summed E-state index contributed by atoms with van der Waals surface area (Å²) in [6.45, 7) is 17.5. The number of hydrogen-bond acceptors (Lipinski definition) is 3. The molecule has 0 radical (unpaired) electrons. The first-order valence-corrected chi connectivity index (χ1v) is 16.1. The lowest BCUT2D eigenvalue weighted by Crippen LogP contribution is -2.47. The number of hydrogen-bond donors (Lipinski definition) is 0. The molecule has 0 aromatic carbocycles. The molecule has 7 heteroatoms. The van der Waals surface area contributed by atoms with Crippen LogP contribution in [-0.4, -0.2) is 35.9 Å². The van der Waals surface area contributed by atoms with Crippen molar-refractivity contribution < 1.29 is 12.3 Å². The lowest BCUT2D eigenvalue weighted by atomic mass is 10.6. The molecular weight excluding hydrogens is 268 g/mol. The molecule has 0 saturated carbocycles. The Labute approximate surface area is 107 Å². The Morgan fingerprint density at radius 3 is 1.69 bits per heavy atom. The van der Waals surface area contributed by atoms with Crippen molar-refractivity contribution in [3.63, 3.8) is 0 Å². The SMILES string of the molecule is CC(C)[SiH](O[SiH](C)C)O[Si](C)(C)O[SiH](C)C. The summed E-state index contributed by atoms with van der Waals surface area (Å²) >= 11 is 0. The van der Waals surface area contributed by atoms with Crippen LogP contribution in [0.3, 0.4) is 0 Å². The Kier molecular flexibility index (Phi) is 7.58. The van der Waals surface area contributed by atoms with E-state index in [0.717, 1.165) is 0 Å². The van der Waals surface area contributed by atoms with E-state index in [4.69, 9.17) is 12.3 Å². The third kappa shape index (κ3) is 7.93. The molecule has 0 aromatic rings. The summed E-state index contributed by atoms with van der Waals surface area (Å²) in [5.41, 5.74) is 0.527. The van der Waals surface area contributed by atoms with Gasteiger partial charge in [0, 0.05) is 0 Å². The second kappa shape index (κ2) is 7.24. The van der Waals surface area contributed by atoms with Crippen LogP contribution in [0, 0.1) is 0 Å². The Morgan fingerprint density at radius 1 is 0.875 bits per heavy atom. The van der Waals surface area contributed by atoms with Gasteiger partial charge in [0.25, 0.3) is 0 Å². The Morgan fingerprint density at radius 2 is 1.38 bits per heavy atom. The summed E-state index contributed by atoms with van der Waals surface area (Å²) in [6, 6.07) is 0. The predicted octanol–water partition coefficient (Wildman–Crippen LogP) is 2.34. The summed E-state index contributed by atoms with van der Waals surface area (Å²) in [4.78, 5) is 0. The highest BCUT2D eigenvalue weighted by atomic mass is 28.5. The molecule has 1 unspecified atom stereocenters. The van der Waals surface area contributed by atoms with Crippen LogP contribution in [0.5, 0.6) is 0 Å². The van der Waals surface area contributed by atoms with Crippen molar-refractivity contribution in [2.45, 2.75) is 58.7 Å². The molecule has 0 rings (SSSR count). The molecule has 3 nitrogen and oxygen atoms in total. The fraction of sp³-hybridized carbons (Fsp3) is 1.00. The molecule has 98 valence electrons. The van der Waals surface area contributed by atoms with Gasteiger partial charge in [-0.25, -0.2) is 0 Å². The first kappa shape index (κ1) is 16.7. The standard InChI is InChI=1S/C9H28O3Si4/c1-9(2)15(10-13(3)4)12-16(7,8)11-14(5)6/h9,13-15H,1-8H3. The zero-order chi connectivity index (χ0) is 12.9. The molecule has 0 N–H and O–H groups in total. The fourth-order valence-corrected chi connectivity index (χ4v) is 14.2. The van der Waals surface area contributed by atoms with Crippen LogP contribution in [-0.2, 0) is 12.3 Å². The summed E-state index contributed by atoms with van der Waals surface area (Å²) in [6.07, 6.45) is 0. The molecule has 0 aliphatic heterocycles. The van der Waals surface area contributed by atoms with Crippen LogP contribution >= 0.6 is 0 Å². The van der Waals surface area contributed by atoms with Gasteiger partial charge in [0.15, 0.2) is 18.1 Å². The summed E-state index contributed by atoms with van der Waals surface area (Å²) in [5, 5.41) is 0. The van der Waals surface area contributed by atoms with E-state index in [-0.39, 0.29) is 0 Å². The summed E-state index contributed by atoms with van der Waals surface area (Å²) in [7, 11) is -5.47. The predicted molar refractivity (Wildman–Crippen MR) is 80.7 cm³/mol. The largest absolute Gasteiger partial charge is 0.441 e. The van der Waals surface area contributed by atoms with Gasteiger partial charge in [0.1, 0.15) is 0 Å². The summed E-state index contributed by atoms with van der Waals surface area (Å²) < 4.78 is 18.3. The van der Waals surface area contributed by atoms with Crippen molar-refractivity contribution in [1.29, 1.82) is 0 Å². The zero-order valence-electron chi connectivity index (χ0n) is 12.0. The van der Waals surface area contributed by atoms with Gasteiger partial charge in [-0.1, -0.05) is 13.8 Å². The fourth-order valence-electron chi connectivity index (χ4n) is 1.46. The minimum atomic E-state index is -1.94. The number of rotatable bonds is 7. The topological polar surface area (TPSA) is 27.7 Å². The zero-order valence-corrected chi connectivity index (χ0v) is 16.5. The molecule has 0 spiro atoms. The van der Waals surface area contributed by atoms with Crippen molar-refractivity contribution >= 4 is 35.9 Å². The Hall–Kier alpha value is 0.748. The van der Waals surface area contributed by atoms with Crippen LogP contribution < -0.4 is 0 Å². The molecule has 0 heterocycles. The van der Waals surface area contributed by atoms with E-state index in [9.17, 15) is 0 Å². The van der Waals surface area contributed by atoms with E-state index in [1.807, 2.05) is 0 Å². The minimum Gasteiger partial charge on any atom is -0.441 e. The van der Waals surface area contributed by atoms with Crippen LogP contribution in [0.25, 0.3) is 0 Å². The van der Waals surface area contributed by atoms with E-state index in [1.54, 1.807) is 0 Å². The van der Waals surface area contributed by atoms with Gasteiger partial charge < -0.3 is 12.3 Å². The van der Waals surface area contributed by atoms with Gasteiger partial charge in [-0.05, 0) is 44.8 Å². The van der Waals surface area contributed by atoms with Crippen molar-refractivity contribution in [3.05, 3.63) is 0 Å². The van der Waals surface area contributed by atoms with E-state index in [0.29, 0.717) is 5.54 Å². The quantitative estimate of drug-likeness (QED) is 0.675. The van der Waals surface area contributed by atoms with Crippen LogP contribution in [0.1, 0.15) is 13.8 Å². The van der Waals surface area contributed by atoms with E-state index in [2.05, 4.69) is 53.1 Å². The molecular formula is C9H28O3Si4. The highest BCUT2D eigenvalue weighted by molar-refractivity contribution is 6.79. The Bertz CT molecular complexity index is 197. The van der Waals surface area contributed by atoms with Gasteiger partial charge in [-0.15, -0.1) is 0 Å². The molecule has 16 heavy (non-hydrogen) atoms. The molecule has 0 bridgehead atoms. The molecule has 0 amide bonds. The first-order valence-electron chi connectivity index (χ1n) is 6.15. The smallest absolute Gasteiger partial charge is 0.312 e. The van der Waals surface area contributed by atoms with Gasteiger partial charge >= 0.3 is 17.8 Å². The van der Waals surface area contributed by atoms with Gasteiger partial charge in [0.2, 0.25) is 0 Å². The maximum atomic E-state index is 6.22. The molecule has 0 fully saturated rings. The van der Waals surface area contributed by atoms with E-state index in [1.165, 1.54) is 0 Å². The highest BCUT2D eigenvalue weighted by Gasteiger charge is 2.33.